The average molecular weight is 256 g/mol. The van der Waals surface area contributed by atoms with Crippen LogP contribution < -0.4 is 0 Å². The summed E-state index contributed by atoms with van der Waals surface area (Å²) in [5.41, 5.74) is 3.72. The summed E-state index contributed by atoms with van der Waals surface area (Å²) >= 11 is 6.01. The number of hydrogen-bond acceptors (Lipinski definition) is 3. The molecule has 0 saturated heterocycles. The molecule has 2 heterocycles. The van der Waals surface area contributed by atoms with Crippen LogP contribution in [0.2, 0.25) is 5.15 Å². The first-order valence-corrected chi connectivity index (χ1v) is 5.97. The van der Waals surface area contributed by atoms with Gasteiger partial charge in [-0.3, -0.25) is 4.98 Å². The molecule has 3 aromatic rings. The number of halogens is 1. The monoisotopic (exact) mass is 255 g/mol. The van der Waals surface area contributed by atoms with Crippen LogP contribution in [0, 0.1) is 6.92 Å². The second-order valence-electron chi connectivity index (χ2n) is 4.11. The standard InChI is InChI=1S/C14H10ClN3/c1-9-4-6-10(7-5-9)12-11-3-2-8-16-13(11)14(15)18-17-12/h2-8H,1H3. The third-order valence-corrected chi connectivity index (χ3v) is 3.08. The molecule has 1 aromatic carbocycles. The Bertz CT molecular complexity index is 708. The first kappa shape index (κ1) is 11.1. The van der Waals surface area contributed by atoms with Gasteiger partial charge in [-0.15, -0.1) is 10.2 Å². The summed E-state index contributed by atoms with van der Waals surface area (Å²) in [5, 5.41) is 9.40. The van der Waals surface area contributed by atoms with E-state index in [1.165, 1.54) is 5.56 Å². The van der Waals surface area contributed by atoms with E-state index in [2.05, 4.69) is 22.1 Å². The quantitative estimate of drug-likeness (QED) is 0.666. The van der Waals surface area contributed by atoms with Crippen LogP contribution in [0.15, 0.2) is 42.6 Å². The van der Waals surface area contributed by atoms with Crippen molar-refractivity contribution in [3.63, 3.8) is 0 Å². The maximum Gasteiger partial charge on any atom is 0.177 e. The fourth-order valence-corrected chi connectivity index (χ4v) is 2.07. The Morgan fingerprint density at radius 3 is 2.56 bits per heavy atom. The molecule has 0 bridgehead atoms. The van der Waals surface area contributed by atoms with E-state index in [9.17, 15) is 0 Å². The lowest BCUT2D eigenvalue weighted by atomic mass is 10.1. The molecule has 0 unspecified atom stereocenters. The maximum atomic E-state index is 6.01. The molecule has 0 aliphatic rings. The van der Waals surface area contributed by atoms with Crippen molar-refractivity contribution in [2.45, 2.75) is 6.92 Å². The van der Waals surface area contributed by atoms with Crippen LogP contribution in [-0.2, 0) is 0 Å². The smallest absolute Gasteiger partial charge is 0.177 e. The highest BCUT2D eigenvalue weighted by molar-refractivity contribution is 6.34. The topological polar surface area (TPSA) is 38.7 Å². The maximum absolute atomic E-state index is 6.01. The molecule has 2 aromatic heterocycles. The summed E-state index contributed by atoms with van der Waals surface area (Å²) in [7, 11) is 0. The molecule has 3 nitrogen and oxygen atoms in total. The van der Waals surface area contributed by atoms with Gasteiger partial charge in [-0.2, -0.15) is 0 Å². The highest BCUT2D eigenvalue weighted by Gasteiger charge is 2.09. The molecule has 0 atom stereocenters. The van der Waals surface area contributed by atoms with Crippen molar-refractivity contribution in [3.05, 3.63) is 53.3 Å². The summed E-state index contributed by atoms with van der Waals surface area (Å²) in [4.78, 5) is 4.25. The SMILES string of the molecule is Cc1ccc(-c2nnc(Cl)c3ncccc23)cc1. The predicted octanol–water partition coefficient (Wildman–Crippen LogP) is 3.65. The van der Waals surface area contributed by atoms with Crippen molar-refractivity contribution in [3.8, 4) is 11.3 Å². The molecule has 18 heavy (non-hydrogen) atoms. The molecule has 0 N–H and O–H groups in total. The second kappa shape index (κ2) is 4.35. The molecular weight excluding hydrogens is 246 g/mol. The number of benzene rings is 1. The first-order valence-electron chi connectivity index (χ1n) is 5.59. The van der Waals surface area contributed by atoms with Crippen LogP contribution in [0.5, 0.6) is 0 Å². The number of nitrogens with zero attached hydrogens (tertiary/aromatic N) is 3. The normalized spacial score (nSPS) is 10.8. The van der Waals surface area contributed by atoms with Gasteiger partial charge in [-0.1, -0.05) is 41.4 Å². The molecule has 4 heteroatoms. The van der Waals surface area contributed by atoms with Gasteiger partial charge in [0.25, 0.3) is 0 Å². The van der Waals surface area contributed by atoms with Crippen LogP contribution in [0.1, 0.15) is 5.56 Å². The third-order valence-electron chi connectivity index (χ3n) is 2.82. The van der Waals surface area contributed by atoms with Crippen LogP contribution in [0.25, 0.3) is 22.2 Å². The zero-order valence-corrected chi connectivity index (χ0v) is 10.5. The van der Waals surface area contributed by atoms with Crippen molar-refractivity contribution in [1.82, 2.24) is 15.2 Å². The van der Waals surface area contributed by atoms with E-state index < -0.39 is 0 Å². The summed E-state index contributed by atoms with van der Waals surface area (Å²) in [6, 6.07) is 12.0. The summed E-state index contributed by atoms with van der Waals surface area (Å²) in [6.07, 6.45) is 1.70. The molecule has 0 aliphatic carbocycles. The van der Waals surface area contributed by atoms with Crippen LogP contribution in [0.3, 0.4) is 0 Å². The number of fused-ring (bicyclic) bond motifs is 1. The highest BCUT2D eigenvalue weighted by Crippen LogP contribution is 2.27. The van der Waals surface area contributed by atoms with Gasteiger partial charge in [0.2, 0.25) is 0 Å². The van der Waals surface area contributed by atoms with Crippen molar-refractivity contribution in [2.75, 3.05) is 0 Å². The molecule has 0 spiro atoms. The van der Waals surface area contributed by atoms with Crippen molar-refractivity contribution in [1.29, 1.82) is 0 Å². The number of aromatic nitrogens is 3. The van der Waals surface area contributed by atoms with E-state index in [4.69, 9.17) is 11.6 Å². The lowest BCUT2D eigenvalue weighted by molar-refractivity contribution is 1.05. The Labute approximate surface area is 109 Å². The summed E-state index contributed by atoms with van der Waals surface area (Å²) < 4.78 is 0. The van der Waals surface area contributed by atoms with Gasteiger partial charge in [0.15, 0.2) is 5.15 Å². The van der Waals surface area contributed by atoms with Crippen molar-refractivity contribution < 1.29 is 0 Å². The van der Waals surface area contributed by atoms with Crippen LogP contribution >= 0.6 is 11.6 Å². The lowest BCUT2D eigenvalue weighted by Crippen LogP contribution is -1.93. The van der Waals surface area contributed by atoms with E-state index in [1.807, 2.05) is 36.4 Å². The number of pyridine rings is 1. The van der Waals surface area contributed by atoms with Crippen LogP contribution in [0.4, 0.5) is 0 Å². The Hall–Kier alpha value is -2.00. The van der Waals surface area contributed by atoms with E-state index in [0.717, 1.165) is 16.6 Å². The Kier molecular flexibility index (Phi) is 2.68. The fraction of sp³-hybridized carbons (Fsp3) is 0.0714. The molecule has 0 aliphatic heterocycles. The fourth-order valence-electron chi connectivity index (χ4n) is 1.88. The minimum Gasteiger partial charge on any atom is -0.253 e. The zero-order chi connectivity index (χ0) is 12.5. The van der Waals surface area contributed by atoms with Crippen molar-refractivity contribution in [2.24, 2.45) is 0 Å². The minimum atomic E-state index is 0.335. The molecule has 3 rings (SSSR count). The summed E-state index contributed by atoms with van der Waals surface area (Å²) in [6.45, 7) is 2.05. The van der Waals surface area contributed by atoms with Crippen LogP contribution in [-0.4, -0.2) is 15.2 Å². The number of aryl methyl sites for hydroxylation is 1. The molecule has 0 radical (unpaired) electrons. The predicted molar refractivity (Wildman–Crippen MR) is 72.5 cm³/mol. The zero-order valence-electron chi connectivity index (χ0n) is 9.76. The molecule has 0 saturated carbocycles. The van der Waals surface area contributed by atoms with Gasteiger partial charge in [-0.05, 0) is 19.1 Å². The van der Waals surface area contributed by atoms with Crippen molar-refractivity contribution >= 4 is 22.5 Å². The average Bonchev–Trinajstić information content (AvgIpc) is 2.41. The van der Waals surface area contributed by atoms with Gasteiger partial charge in [0.05, 0.1) is 0 Å². The largest absolute Gasteiger partial charge is 0.253 e. The van der Waals surface area contributed by atoms with E-state index in [1.54, 1.807) is 6.20 Å². The van der Waals surface area contributed by atoms with Gasteiger partial charge in [-0.25, -0.2) is 0 Å². The van der Waals surface area contributed by atoms with Gasteiger partial charge >= 0.3 is 0 Å². The Morgan fingerprint density at radius 2 is 1.78 bits per heavy atom. The molecule has 0 amide bonds. The first-order chi connectivity index (χ1) is 8.75. The second-order valence-corrected chi connectivity index (χ2v) is 4.46. The van der Waals surface area contributed by atoms with Gasteiger partial charge < -0.3 is 0 Å². The molecular formula is C14H10ClN3. The van der Waals surface area contributed by atoms with Gasteiger partial charge in [0.1, 0.15) is 11.2 Å². The van der Waals surface area contributed by atoms with E-state index in [-0.39, 0.29) is 0 Å². The van der Waals surface area contributed by atoms with E-state index >= 15 is 0 Å². The Morgan fingerprint density at radius 1 is 1.00 bits per heavy atom. The molecule has 0 fully saturated rings. The molecule has 88 valence electrons. The summed E-state index contributed by atoms with van der Waals surface area (Å²) in [5.74, 6) is 0. The van der Waals surface area contributed by atoms with Gasteiger partial charge in [0, 0.05) is 17.1 Å². The minimum absolute atomic E-state index is 0.335. The Balaban J connectivity index is 2.30. The number of hydrogen-bond donors (Lipinski definition) is 0. The number of rotatable bonds is 1. The highest BCUT2D eigenvalue weighted by atomic mass is 35.5. The van der Waals surface area contributed by atoms with E-state index in [0.29, 0.717) is 10.7 Å². The third kappa shape index (κ3) is 1.83. The lowest BCUT2D eigenvalue weighted by Gasteiger charge is -2.05.